The average molecular weight is 367 g/mol. The molecule has 1 N–H and O–H groups in total. The Morgan fingerprint density at radius 1 is 0.821 bits per heavy atom. The molecule has 0 saturated carbocycles. The maximum atomic E-state index is 5.22. The second-order valence-corrected chi connectivity index (χ2v) is 7.23. The van der Waals surface area contributed by atoms with Gasteiger partial charge in [-0.05, 0) is 29.5 Å². The van der Waals surface area contributed by atoms with Gasteiger partial charge in [-0.15, -0.1) is 6.58 Å². The predicted molar refractivity (Wildman–Crippen MR) is 118 cm³/mol. The summed E-state index contributed by atoms with van der Waals surface area (Å²) in [4.78, 5) is 5.22. The third-order valence-electron chi connectivity index (χ3n) is 5.39. The van der Waals surface area contributed by atoms with Gasteiger partial charge in [0.25, 0.3) is 0 Å². The molecule has 3 atom stereocenters. The van der Waals surface area contributed by atoms with Crippen molar-refractivity contribution in [1.29, 1.82) is 0 Å². The van der Waals surface area contributed by atoms with Crippen LogP contribution in [-0.2, 0) is 0 Å². The zero-order valence-corrected chi connectivity index (χ0v) is 16.0. The van der Waals surface area contributed by atoms with E-state index in [2.05, 4.69) is 103 Å². The van der Waals surface area contributed by atoms with E-state index in [9.17, 15) is 0 Å². The van der Waals surface area contributed by atoms with E-state index < -0.39 is 0 Å². The first-order valence-corrected chi connectivity index (χ1v) is 9.97. The van der Waals surface area contributed by atoms with E-state index >= 15 is 0 Å². The number of rotatable bonds is 7. The van der Waals surface area contributed by atoms with Crippen LogP contribution in [0.25, 0.3) is 0 Å². The summed E-state index contributed by atoms with van der Waals surface area (Å²) in [5.41, 5.74) is 3.82. The number of hydrogen-bond donors (Lipinski definition) is 1. The van der Waals surface area contributed by atoms with Crippen molar-refractivity contribution in [1.82, 2.24) is 5.32 Å². The fourth-order valence-electron chi connectivity index (χ4n) is 3.96. The minimum Gasteiger partial charge on any atom is -0.364 e. The first kappa shape index (κ1) is 18.2. The second kappa shape index (κ2) is 8.71. The molecular weight excluding hydrogens is 340 g/mol. The molecule has 1 unspecified atom stereocenters. The van der Waals surface area contributed by atoms with Crippen LogP contribution in [-0.4, -0.2) is 5.84 Å². The molecular formula is C26H26N2. The van der Waals surface area contributed by atoms with Gasteiger partial charge >= 0.3 is 0 Å². The number of nitrogens with zero attached hydrogens (tertiary/aromatic N) is 1. The van der Waals surface area contributed by atoms with Gasteiger partial charge < -0.3 is 5.32 Å². The maximum Gasteiger partial charge on any atom is 0.105 e. The molecule has 0 aliphatic carbocycles. The van der Waals surface area contributed by atoms with Crippen LogP contribution in [0.1, 0.15) is 47.5 Å². The summed E-state index contributed by atoms with van der Waals surface area (Å²) in [7, 11) is 0. The van der Waals surface area contributed by atoms with E-state index in [1.54, 1.807) is 0 Å². The molecule has 2 nitrogen and oxygen atoms in total. The molecule has 0 bridgehead atoms. The minimum absolute atomic E-state index is 0.0774. The Hall–Kier alpha value is -3.13. The van der Waals surface area contributed by atoms with Crippen molar-refractivity contribution in [3.05, 3.63) is 120 Å². The number of amidine groups is 1. The molecule has 140 valence electrons. The van der Waals surface area contributed by atoms with E-state index in [-0.39, 0.29) is 18.0 Å². The van der Waals surface area contributed by atoms with E-state index in [0.29, 0.717) is 0 Å². The number of hydrogen-bond acceptors (Lipinski definition) is 2. The van der Waals surface area contributed by atoms with Crippen molar-refractivity contribution < 1.29 is 0 Å². The SMILES string of the molecule is C=CCCC(C1=N[C@H](c2ccccc2)[C@@H](c2ccccc2)N1)c1ccccc1. The Kier molecular flexibility index (Phi) is 5.67. The van der Waals surface area contributed by atoms with Crippen LogP contribution in [0, 0.1) is 0 Å². The molecule has 4 rings (SSSR count). The summed E-state index contributed by atoms with van der Waals surface area (Å²) in [6.45, 7) is 3.92. The fourth-order valence-corrected chi connectivity index (χ4v) is 3.96. The zero-order chi connectivity index (χ0) is 19.2. The lowest BCUT2D eigenvalue weighted by Crippen LogP contribution is -2.29. The lowest BCUT2D eigenvalue weighted by Gasteiger charge is -2.22. The summed E-state index contributed by atoms with van der Waals surface area (Å²) < 4.78 is 0. The Morgan fingerprint density at radius 2 is 1.39 bits per heavy atom. The summed E-state index contributed by atoms with van der Waals surface area (Å²) in [6, 6.07) is 32.1. The largest absolute Gasteiger partial charge is 0.364 e. The van der Waals surface area contributed by atoms with Crippen LogP contribution in [0.15, 0.2) is 109 Å². The standard InChI is InChI=1S/C26H26N2/c1-2-3-19-23(20-13-7-4-8-14-20)26-27-24(21-15-9-5-10-16-21)25(28-26)22-17-11-6-12-18-22/h2,4-18,23-25H,1,3,19H2,(H,27,28)/t23?,24-,25-/m1/s1. The smallest absolute Gasteiger partial charge is 0.105 e. The highest BCUT2D eigenvalue weighted by atomic mass is 15.1. The Balaban J connectivity index is 1.72. The molecule has 0 fully saturated rings. The van der Waals surface area contributed by atoms with E-state index in [1.807, 2.05) is 6.08 Å². The quantitative estimate of drug-likeness (QED) is 0.493. The average Bonchev–Trinajstić information content (AvgIpc) is 3.21. The van der Waals surface area contributed by atoms with E-state index in [1.165, 1.54) is 16.7 Å². The normalized spacial score (nSPS) is 19.5. The molecule has 0 amide bonds. The third kappa shape index (κ3) is 3.91. The van der Waals surface area contributed by atoms with Gasteiger partial charge in [0, 0.05) is 5.92 Å². The van der Waals surface area contributed by atoms with Gasteiger partial charge in [-0.25, -0.2) is 0 Å². The topological polar surface area (TPSA) is 24.4 Å². The Bertz CT molecular complexity index is 916. The predicted octanol–water partition coefficient (Wildman–Crippen LogP) is 6.22. The number of nitrogens with one attached hydrogen (secondary N) is 1. The van der Waals surface area contributed by atoms with Crippen molar-refractivity contribution in [2.24, 2.45) is 4.99 Å². The summed E-state index contributed by atoms with van der Waals surface area (Å²) in [6.07, 6.45) is 3.96. The first-order valence-electron chi connectivity index (χ1n) is 9.97. The zero-order valence-electron chi connectivity index (χ0n) is 16.0. The van der Waals surface area contributed by atoms with Crippen molar-refractivity contribution in [2.75, 3.05) is 0 Å². The van der Waals surface area contributed by atoms with Gasteiger partial charge in [-0.2, -0.15) is 0 Å². The molecule has 0 aromatic heterocycles. The lowest BCUT2D eigenvalue weighted by molar-refractivity contribution is 0.569. The maximum absolute atomic E-state index is 5.22. The highest BCUT2D eigenvalue weighted by Crippen LogP contribution is 2.39. The van der Waals surface area contributed by atoms with Crippen LogP contribution >= 0.6 is 0 Å². The molecule has 28 heavy (non-hydrogen) atoms. The van der Waals surface area contributed by atoms with Crippen molar-refractivity contribution in [2.45, 2.75) is 30.8 Å². The fraction of sp³-hybridized carbons (Fsp3) is 0.192. The third-order valence-corrected chi connectivity index (χ3v) is 5.39. The van der Waals surface area contributed by atoms with Gasteiger partial charge in [-0.3, -0.25) is 4.99 Å². The molecule has 1 heterocycles. The number of aliphatic imine (C=N–C) groups is 1. The molecule has 0 spiro atoms. The van der Waals surface area contributed by atoms with Crippen molar-refractivity contribution in [3.8, 4) is 0 Å². The first-order chi connectivity index (χ1) is 13.9. The van der Waals surface area contributed by atoms with Gasteiger partial charge in [0.1, 0.15) is 11.9 Å². The molecule has 2 heteroatoms. The molecule has 3 aromatic carbocycles. The van der Waals surface area contributed by atoms with Crippen LogP contribution in [0.2, 0.25) is 0 Å². The second-order valence-electron chi connectivity index (χ2n) is 7.23. The molecule has 3 aromatic rings. The summed E-state index contributed by atoms with van der Waals surface area (Å²) >= 11 is 0. The van der Waals surface area contributed by atoms with Gasteiger partial charge in [0.05, 0.1) is 6.04 Å². The van der Waals surface area contributed by atoms with Crippen molar-refractivity contribution >= 4 is 5.84 Å². The molecule has 0 saturated heterocycles. The van der Waals surface area contributed by atoms with Crippen LogP contribution in [0.5, 0.6) is 0 Å². The highest BCUT2D eigenvalue weighted by Gasteiger charge is 2.34. The van der Waals surface area contributed by atoms with Gasteiger partial charge in [-0.1, -0.05) is 97.1 Å². The van der Waals surface area contributed by atoms with E-state index in [4.69, 9.17) is 4.99 Å². The monoisotopic (exact) mass is 366 g/mol. The number of benzene rings is 3. The van der Waals surface area contributed by atoms with Crippen LogP contribution < -0.4 is 5.32 Å². The number of allylic oxidation sites excluding steroid dienone is 1. The molecule has 1 aliphatic rings. The van der Waals surface area contributed by atoms with Crippen molar-refractivity contribution in [3.63, 3.8) is 0 Å². The Morgan fingerprint density at radius 3 is 2.00 bits per heavy atom. The van der Waals surface area contributed by atoms with E-state index in [0.717, 1.165) is 18.7 Å². The van der Waals surface area contributed by atoms with Gasteiger partial charge in [0.2, 0.25) is 0 Å². The molecule has 1 aliphatic heterocycles. The van der Waals surface area contributed by atoms with Crippen LogP contribution in [0.4, 0.5) is 0 Å². The Labute approximate surface area is 167 Å². The summed E-state index contributed by atoms with van der Waals surface area (Å²) in [5, 5.41) is 3.78. The van der Waals surface area contributed by atoms with Gasteiger partial charge in [0.15, 0.2) is 0 Å². The van der Waals surface area contributed by atoms with Crippen LogP contribution in [0.3, 0.4) is 0 Å². The molecule has 0 radical (unpaired) electrons. The lowest BCUT2D eigenvalue weighted by atomic mass is 9.92. The summed E-state index contributed by atoms with van der Waals surface area (Å²) in [5.74, 6) is 1.33. The minimum atomic E-state index is 0.0774. The highest BCUT2D eigenvalue weighted by molar-refractivity contribution is 5.91.